The molecular weight excluding hydrogens is 268 g/mol. The molecule has 2 unspecified atom stereocenters. The van der Waals surface area contributed by atoms with Gasteiger partial charge in [-0.3, -0.25) is 4.90 Å². The van der Waals surface area contributed by atoms with E-state index < -0.39 is 0 Å². The number of hydrogen-bond acceptors (Lipinski definition) is 6. The number of morpholine rings is 1. The van der Waals surface area contributed by atoms with Crippen LogP contribution in [0.4, 0.5) is 5.82 Å². The van der Waals surface area contributed by atoms with Crippen LogP contribution in [0.5, 0.6) is 0 Å². The predicted octanol–water partition coefficient (Wildman–Crippen LogP) is 0.708. The van der Waals surface area contributed by atoms with Crippen molar-refractivity contribution in [3.8, 4) is 0 Å². The van der Waals surface area contributed by atoms with Crippen molar-refractivity contribution in [3.63, 3.8) is 0 Å². The van der Waals surface area contributed by atoms with Gasteiger partial charge in [-0.05, 0) is 26.3 Å². The fourth-order valence-electron chi connectivity index (χ4n) is 3.28. The van der Waals surface area contributed by atoms with Gasteiger partial charge in [0.2, 0.25) is 0 Å². The van der Waals surface area contributed by atoms with Gasteiger partial charge < -0.3 is 10.1 Å². The first-order chi connectivity index (χ1) is 10.3. The van der Waals surface area contributed by atoms with Crippen molar-refractivity contribution in [2.45, 2.75) is 31.9 Å². The Kier molecular flexibility index (Phi) is 3.23. The van der Waals surface area contributed by atoms with Crippen molar-refractivity contribution in [1.82, 2.24) is 24.5 Å². The molecule has 0 saturated carbocycles. The van der Waals surface area contributed by atoms with Gasteiger partial charge in [0.25, 0.3) is 5.78 Å². The van der Waals surface area contributed by atoms with E-state index in [-0.39, 0.29) is 6.10 Å². The Morgan fingerprint density at radius 1 is 1.48 bits per heavy atom. The summed E-state index contributed by atoms with van der Waals surface area (Å²) >= 11 is 0. The molecule has 112 valence electrons. The molecule has 4 rings (SSSR count). The summed E-state index contributed by atoms with van der Waals surface area (Å²) in [6.07, 6.45) is 4.34. The van der Waals surface area contributed by atoms with E-state index in [1.165, 1.54) is 25.7 Å². The summed E-state index contributed by atoms with van der Waals surface area (Å²) < 4.78 is 7.70. The molecule has 2 aliphatic heterocycles. The molecule has 2 aromatic rings. The molecule has 2 aromatic heterocycles. The molecule has 2 fully saturated rings. The first-order valence-electron chi connectivity index (χ1n) is 7.56. The molecule has 7 heteroatoms. The number of aromatic nitrogens is 4. The Bertz CT molecular complexity index is 641. The Morgan fingerprint density at radius 2 is 2.43 bits per heavy atom. The van der Waals surface area contributed by atoms with Crippen LogP contribution >= 0.6 is 0 Å². The van der Waals surface area contributed by atoms with Crippen LogP contribution in [0.2, 0.25) is 0 Å². The molecule has 2 saturated heterocycles. The van der Waals surface area contributed by atoms with E-state index in [4.69, 9.17) is 4.74 Å². The van der Waals surface area contributed by atoms with Crippen LogP contribution in [0.1, 0.15) is 18.5 Å². The van der Waals surface area contributed by atoms with Crippen molar-refractivity contribution in [2.75, 3.05) is 31.6 Å². The van der Waals surface area contributed by atoms with Crippen LogP contribution in [-0.4, -0.2) is 62.9 Å². The molecule has 2 aliphatic rings. The van der Waals surface area contributed by atoms with Crippen LogP contribution < -0.4 is 5.32 Å². The van der Waals surface area contributed by atoms with Crippen molar-refractivity contribution >= 4 is 11.6 Å². The van der Waals surface area contributed by atoms with E-state index in [1.807, 2.05) is 13.0 Å². The van der Waals surface area contributed by atoms with Crippen molar-refractivity contribution in [2.24, 2.45) is 0 Å². The van der Waals surface area contributed by atoms with Gasteiger partial charge in [0, 0.05) is 30.9 Å². The van der Waals surface area contributed by atoms with Crippen LogP contribution in [-0.2, 0) is 4.74 Å². The van der Waals surface area contributed by atoms with E-state index in [0.29, 0.717) is 11.8 Å². The SMILES string of the molecule is Cc1cc(NCC2CN3CCCC3CO2)n2ncnc2n1. The molecule has 0 bridgehead atoms. The second-order valence-corrected chi connectivity index (χ2v) is 5.88. The van der Waals surface area contributed by atoms with E-state index in [1.54, 1.807) is 4.52 Å². The normalized spacial score (nSPS) is 26.1. The third kappa shape index (κ3) is 2.47. The van der Waals surface area contributed by atoms with E-state index >= 15 is 0 Å². The maximum atomic E-state index is 5.97. The lowest BCUT2D eigenvalue weighted by Gasteiger charge is -2.35. The highest BCUT2D eigenvalue weighted by Crippen LogP contribution is 2.22. The number of nitrogens with one attached hydrogen (secondary N) is 1. The lowest BCUT2D eigenvalue weighted by atomic mass is 10.2. The zero-order valence-corrected chi connectivity index (χ0v) is 12.2. The molecule has 21 heavy (non-hydrogen) atoms. The molecule has 1 N–H and O–H groups in total. The number of rotatable bonds is 3. The lowest BCUT2D eigenvalue weighted by Crippen LogP contribution is -2.48. The van der Waals surface area contributed by atoms with Gasteiger partial charge in [-0.1, -0.05) is 0 Å². The second kappa shape index (κ2) is 5.23. The zero-order chi connectivity index (χ0) is 14.2. The number of anilines is 1. The minimum Gasteiger partial charge on any atom is -0.373 e. The van der Waals surface area contributed by atoms with Gasteiger partial charge in [0.05, 0.1) is 12.7 Å². The quantitative estimate of drug-likeness (QED) is 0.897. The lowest BCUT2D eigenvalue weighted by molar-refractivity contribution is -0.0416. The summed E-state index contributed by atoms with van der Waals surface area (Å²) in [4.78, 5) is 11.0. The first kappa shape index (κ1) is 13.0. The maximum Gasteiger partial charge on any atom is 0.254 e. The standard InChI is InChI=1S/C14H20N6O/c1-10-5-13(20-14(18-10)16-9-17-20)15-6-12-7-19-4-2-3-11(19)8-21-12/h5,9,11-12,15H,2-4,6-8H2,1H3. The minimum absolute atomic E-state index is 0.228. The fourth-order valence-corrected chi connectivity index (χ4v) is 3.28. The van der Waals surface area contributed by atoms with E-state index in [9.17, 15) is 0 Å². The van der Waals surface area contributed by atoms with Crippen LogP contribution in [0.15, 0.2) is 12.4 Å². The Hall–Kier alpha value is -1.73. The topological polar surface area (TPSA) is 67.6 Å². The molecule has 0 aliphatic carbocycles. The van der Waals surface area contributed by atoms with Gasteiger partial charge in [0.1, 0.15) is 12.1 Å². The summed E-state index contributed by atoms with van der Waals surface area (Å²) in [6, 6.07) is 2.63. The minimum atomic E-state index is 0.228. The predicted molar refractivity (Wildman–Crippen MR) is 78.3 cm³/mol. The summed E-state index contributed by atoms with van der Waals surface area (Å²) in [6.45, 7) is 5.84. The van der Waals surface area contributed by atoms with Crippen molar-refractivity contribution < 1.29 is 4.74 Å². The number of fused-ring (bicyclic) bond motifs is 2. The van der Waals surface area contributed by atoms with Gasteiger partial charge >= 0.3 is 0 Å². The second-order valence-electron chi connectivity index (χ2n) is 5.88. The third-order valence-electron chi connectivity index (χ3n) is 4.35. The van der Waals surface area contributed by atoms with Crippen molar-refractivity contribution in [1.29, 1.82) is 0 Å². The molecular formula is C14H20N6O. The highest BCUT2D eigenvalue weighted by Gasteiger charge is 2.32. The average molecular weight is 288 g/mol. The van der Waals surface area contributed by atoms with Crippen LogP contribution in [0.25, 0.3) is 5.78 Å². The van der Waals surface area contributed by atoms with E-state index in [2.05, 4.69) is 25.3 Å². The zero-order valence-electron chi connectivity index (χ0n) is 12.2. The number of nitrogens with zero attached hydrogens (tertiary/aromatic N) is 5. The third-order valence-corrected chi connectivity index (χ3v) is 4.35. The molecule has 0 amide bonds. The monoisotopic (exact) mass is 288 g/mol. The number of aryl methyl sites for hydroxylation is 1. The van der Waals surface area contributed by atoms with Gasteiger partial charge in [-0.25, -0.2) is 4.98 Å². The van der Waals surface area contributed by atoms with Gasteiger partial charge in [0.15, 0.2) is 0 Å². The number of ether oxygens (including phenoxy) is 1. The Balaban J connectivity index is 1.45. The first-order valence-corrected chi connectivity index (χ1v) is 7.56. The van der Waals surface area contributed by atoms with E-state index in [0.717, 1.165) is 31.2 Å². The molecule has 4 heterocycles. The molecule has 7 nitrogen and oxygen atoms in total. The van der Waals surface area contributed by atoms with Crippen LogP contribution in [0.3, 0.4) is 0 Å². The molecule has 0 aromatic carbocycles. The molecule has 0 radical (unpaired) electrons. The highest BCUT2D eigenvalue weighted by molar-refractivity contribution is 5.44. The summed E-state index contributed by atoms with van der Waals surface area (Å²) in [7, 11) is 0. The number of hydrogen-bond donors (Lipinski definition) is 1. The van der Waals surface area contributed by atoms with Gasteiger partial charge in [-0.15, -0.1) is 0 Å². The van der Waals surface area contributed by atoms with Crippen molar-refractivity contribution in [3.05, 3.63) is 18.1 Å². The smallest absolute Gasteiger partial charge is 0.254 e. The fraction of sp³-hybridized carbons (Fsp3) is 0.643. The summed E-state index contributed by atoms with van der Waals surface area (Å²) in [5.41, 5.74) is 0.933. The molecule has 0 spiro atoms. The van der Waals surface area contributed by atoms with Gasteiger partial charge in [-0.2, -0.15) is 14.6 Å². The summed E-state index contributed by atoms with van der Waals surface area (Å²) in [5, 5.41) is 7.64. The highest BCUT2D eigenvalue weighted by atomic mass is 16.5. The average Bonchev–Trinajstić information content (AvgIpc) is 3.12. The maximum absolute atomic E-state index is 5.97. The largest absolute Gasteiger partial charge is 0.373 e. The van der Waals surface area contributed by atoms with Crippen LogP contribution in [0, 0.1) is 6.92 Å². The Morgan fingerprint density at radius 3 is 3.38 bits per heavy atom. The molecule has 2 atom stereocenters. The summed E-state index contributed by atoms with van der Waals surface area (Å²) in [5.74, 6) is 1.55. The Labute approximate surface area is 123 Å².